The lowest BCUT2D eigenvalue weighted by atomic mass is 9.85. The average molecular weight is 303 g/mol. The monoisotopic (exact) mass is 303 g/mol. The SMILES string of the molecule is N#Cc1cc([C@@H](C2CCOCC2)N2CCNCC2)ccc1F. The number of nitrogens with zero attached hydrogens (tertiary/aromatic N) is 2. The van der Waals surface area contributed by atoms with Crippen molar-refractivity contribution < 1.29 is 9.13 Å². The van der Waals surface area contributed by atoms with E-state index in [1.54, 1.807) is 6.07 Å². The molecule has 2 heterocycles. The number of nitrogens with one attached hydrogen (secondary N) is 1. The molecular weight excluding hydrogens is 281 g/mol. The van der Waals surface area contributed by atoms with Crippen molar-refractivity contribution >= 4 is 0 Å². The fourth-order valence-corrected chi connectivity index (χ4v) is 3.59. The predicted octanol–water partition coefficient (Wildman–Crippen LogP) is 2.07. The third-order valence-electron chi connectivity index (χ3n) is 4.71. The zero-order chi connectivity index (χ0) is 15.4. The lowest BCUT2D eigenvalue weighted by Crippen LogP contribution is -2.47. The van der Waals surface area contributed by atoms with Gasteiger partial charge in [-0.25, -0.2) is 4.39 Å². The Balaban J connectivity index is 1.91. The van der Waals surface area contributed by atoms with E-state index in [0.717, 1.165) is 57.8 Å². The Morgan fingerprint density at radius 3 is 2.68 bits per heavy atom. The van der Waals surface area contributed by atoms with E-state index in [2.05, 4.69) is 10.2 Å². The summed E-state index contributed by atoms with van der Waals surface area (Å²) in [5, 5.41) is 12.5. The summed E-state index contributed by atoms with van der Waals surface area (Å²) in [6, 6.07) is 7.23. The molecule has 2 fully saturated rings. The van der Waals surface area contributed by atoms with Crippen LogP contribution < -0.4 is 5.32 Å². The van der Waals surface area contributed by atoms with E-state index in [1.165, 1.54) is 6.07 Å². The second kappa shape index (κ2) is 7.19. The third-order valence-corrected chi connectivity index (χ3v) is 4.71. The Labute approximate surface area is 130 Å². The van der Waals surface area contributed by atoms with Crippen molar-refractivity contribution in [1.82, 2.24) is 10.2 Å². The molecule has 0 radical (unpaired) electrons. The molecule has 1 atom stereocenters. The summed E-state index contributed by atoms with van der Waals surface area (Å²) in [6.45, 7) is 5.51. The largest absolute Gasteiger partial charge is 0.381 e. The lowest BCUT2D eigenvalue weighted by Gasteiger charge is -2.41. The molecule has 2 aliphatic heterocycles. The minimum Gasteiger partial charge on any atom is -0.381 e. The fraction of sp³-hybridized carbons (Fsp3) is 0.588. The standard InChI is InChI=1S/C17H22FN3O/c18-16-2-1-14(11-15(16)12-19)17(13-3-9-22-10-4-13)21-7-5-20-6-8-21/h1-2,11,13,17,20H,3-10H2/t17-/m1/s1. The summed E-state index contributed by atoms with van der Waals surface area (Å²) in [6.07, 6.45) is 2.04. The highest BCUT2D eigenvalue weighted by Crippen LogP contribution is 2.35. The van der Waals surface area contributed by atoms with Gasteiger partial charge in [0.2, 0.25) is 0 Å². The first-order valence-electron chi connectivity index (χ1n) is 8.01. The van der Waals surface area contributed by atoms with Crippen LogP contribution in [0.15, 0.2) is 18.2 Å². The summed E-state index contributed by atoms with van der Waals surface area (Å²) in [7, 11) is 0. The maximum absolute atomic E-state index is 13.7. The van der Waals surface area contributed by atoms with Gasteiger partial charge in [0.05, 0.1) is 5.56 Å². The van der Waals surface area contributed by atoms with Gasteiger partial charge in [-0.15, -0.1) is 0 Å². The molecule has 3 rings (SSSR count). The van der Waals surface area contributed by atoms with Gasteiger partial charge >= 0.3 is 0 Å². The summed E-state index contributed by atoms with van der Waals surface area (Å²) in [5.41, 5.74) is 1.21. The van der Waals surface area contributed by atoms with Crippen molar-refractivity contribution in [3.8, 4) is 6.07 Å². The molecule has 0 saturated carbocycles. The van der Waals surface area contributed by atoms with Gasteiger partial charge in [0, 0.05) is 45.4 Å². The molecule has 0 unspecified atom stereocenters. The van der Waals surface area contributed by atoms with Crippen LogP contribution in [0, 0.1) is 23.1 Å². The van der Waals surface area contributed by atoms with E-state index in [9.17, 15) is 4.39 Å². The van der Waals surface area contributed by atoms with E-state index in [1.807, 2.05) is 12.1 Å². The van der Waals surface area contributed by atoms with Gasteiger partial charge in [0.25, 0.3) is 0 Å². The van der Waals surface area contributed by atoms with Crippen LogP contribution in [0.5, 0.6) is 0 Å². The number of hydrogen-bond acceptors (Lipinski definition) is 4. The van der Waals surface area contributed by atoms with E-state index in [0.29, 0.717) is 5.92 Å². The molecule has 1 aromatic carbocycles. The molecule has 5 heteroatoms. The van der Waals surface area contributed by atoms with Gasteiger partial charge in [-0.05, 0) is 36.5 Å². The van der Waals surface area contributed by atoms with Crippen LogP contribution in [-0.4, -0.2) is 44.3 Å². The average Bonchev–Trinajstić information content (AvgIpc) is 2.58. The molecule has 1 N–H and O–H groups in total. The van der Waals surface area contributed by atoms with E-state index >= 15 is 0 Å². The van der Waals surface area contributed by atoms with Crippen LogP contribution in [0.3, 0.4) is 0 Å². The maximum atomic E-state index is 13.7. The van der Waals surface area contributed by atoms with Gasteiger partial charge < -0.3 is 10.1 Å². The first-order valence-corrected chi connectivity index (χ1v) is 8.01. The molecule has 118 valence electrons. The van der Waals surface area contributed by atoms with Crippen LogP contribution in [0.25, 0.3) is 0 Å². The predicted molar refractivity (Wildman–Crippen MR) is 81.8 cm³/mol. The van der Waals surface area contributed by atoms with Crippen molar-refractivity contribution in [3.05, 3.63) is 35.1 Å². The Kier molecular flexibility index (Phi) is 5.04. The lowest BCUT2D eigenvalue weighted by molar-refractivity contribution is 0.0213. The van der Waals surface area contributed by atoms with Crippen LogP contribution in [0.2, 0.25) is 0 Å². The van der Waals surface area contributed by atoms with Gasteiger partial charge in [0.1, 0.15) is 11.9 Å². The Morgan fingerprint density at radius 1 is 1.27 bits per heavy atom. The van der Waals surface area contributed by atoms with Gasteiger partial charge in [-0.2, -0.15) is 5.26 Å². The first kappa shape index (κ1) is 15.4. The minimum absolute atomic E-state index is 0.143. The molecular formula is C17H22FN3O. The number of hydrogen-bond donors (Lipinski definition) is 1. The van der Waals surface area contributed by atoms with Crippen LogP contribution in [0.4, 0.5) is 4.39 Å². The van der Waals surface area contributed by atoms with Gasteiger partial charge in [-0.1, -0.05) is 6.07 Å². The Bertz CT molecular complexity index is 527. The molecule has 0 aromatic heterocycles. The smallest absolute Gasteiger partial charge is 0.140 e. The Hall–Kier alpha value is -1.48. The number of halogens is 1. The van der Waals surface area contributed by atoms with Crippen molar-refractivity contribution in [2.24, 2.45) is 5.92 Å². The number of rotatable bonds is 3. The minimum atomic E-state index is -0.433. The molecule has 0 spiro atoms. The number of piperazine rings is 1. The number of ether oxygens (including phenoxy) is 1. The highest BCUT2D eigenvalue weighted by atomic mass is 19.1. The zero-order valence-electron chi connectivity index (χ0n) is 12.7. The molecule has 0 bridgehead atoms. The zero-order valence-corrected chi connectivity index (χ0v) is 12.7. The van der Waals surface area contributed by atoms with Crippen molar-refractivity contribution in [1.29, 1.82) is 5.26 Å². The topological polar surface area (TPSA) is 48.3 Å². The van der Waals surface area contributed by atoms with Crippen LogP contribution in [0.1, 0.15) is 30.0 Å². The molecule has 0 aliphatic carbocycles. The molecule has 4 nitrogen and oxygen atoms in total. The second-order valence-corrected chi connectivity index (χ2v) is 6.03. The van der Waals surface area contributed by atoms with Crippen LogP contribution in [-0.2, 0) is 4.74 Å². The van der Waals surface area contributed by atoms with E-state index in [-0.39, 0.29) is 11.6 Å². The molecule has 2 saturated heterocycles. The fourth-order valence-electron chi connectivity index (χ4n) is 3.59. The Morgan fingerprint density at radius 2 is 2.00 bits per heavy atom. The number of nitriles is 1. The van der Waals surface area contributed by atoms with E-state index < -0.39 is 5.82 Å². The highest BCUT2D eigenvalue weighted by Gasteiger charge is 2.31. The van der Waals surface area contributed by atoms with Crippen LogP contribution >= 0.6 is 0 Å². The van der Waals surface area contributed by atoms with E-state index in [4.69, 9.17) is 10.00 Å². The molecule has 1 aromatic rings. The molecule has 0 amide bonds. The quantitative estimate of drug-likeness (QED) is 0.928. The summed E-state index contributed by atoms with van der Waals surface area (Å²) >= 11 is 0. The normalized spacial score (nSPS) is 22.2. The number of benzene rings is 1. The van der Waals surface area contributed by atoms with Crippen molar-refractivity contribution in [2.45, 2.75) is 18.9 Å². The third kappa shape index (κ3) is 3.30. The maximum Gasteiger partial charge on any atom is 0.140 e. The summed E-state index contributed by atoms with van der Waals surface area (Å²) < 4.78 is 19.1. The van der Waals surface area contributed by atoms with Gasteiger partial charge in [0.15, 0.2) is 0 Å². The van der Waals surface area contributed by atoms with Crippen molar-refractivity contribution in [2.75, 3.05) is 39.4 Å². The van der Waals surface area contributed by atoms with Gasteiger partial charge in [-0.3, -0.25) is 4.90 Å². The van der Waals surface area contributed by atoms with Crippen molar-refractivity contribution in [3.63, 3.8) is 0 Å². The molecule has 22 heavy (non-hydrogen) atoms. The first-order chi connectivity index (χ1) is 10.8. The molecule has 2 aliphatic rings. The summed E-state index contributed by atoms with van der Waals surface area (Å²) in [5.74, 6) is 0.0705. The highest BCUT2D eigenvalue weighted by molar-refractivity contribution is 5.36. The summed E-state index contributed by atoms with van der Waals surface area (Å²) in [4.78, 5) is 2.47. The second-order valence-electron chi connectivity index (χ2n) is 6.03.